The minimum absolute atomic E-state index is 0.424. The molecule has 1 aromatic carbocycles. The Bertz CT molecular complexity index is 557. The summed E-state index contributed by atoms with van der Waals surface area (Å²) in [6.07, 6.45) is 12.8. The molecule has 0 bridgehead atoms. The number of hydrogen-bond acceptors (Lipinski definition) is 1. The van der Waals surface area contributed by atoms with Crippen molar-refractivity contribution in [1.82, 2.24) is 9.55 Å². The fraction of sp³-hybridized carbons (Fsp3) is 0.267. The van der Waals surface area contributed by atoms with Gasteiger partial charge >= 0.3 is 0 Å². The van der Waals surface area contributed by atoms with Gasteiger partial charge in [0.1, 0.15) is 0 Å². The molecule has 2 nitrogen and oxygen atoms in total. The van der Waals surface area contributed by atoms with E-state index >= 15 is 0 Å². The quantitative estimate of drug-likeness (QED) is 0.678. The van der Waals surface area contributed by atoms with Crippen LogP contribution in [0.4, 0.5) is 0 Å². The van der Waals surface area contributed by atoms with E-state index in [2.05, 4.69) is 27.6 Å². The minimum atomic E-state index is 0.424. The molecule has 2 heterocycles. The maximum Gasteiger partial charge on any atom is 0.0953 e. The van der Waals surface area contributed by atoms with Crippen LogP contribution in [0, 0.1) is 12.3 Å². The van der Waals surface area contributed by atoms with E-state index in [-0.39, 0.29) is 0 Å². The number of nitrogens with zero attached hydrogens (tertiary/aromatic N) is 2. The van der Waals surface area contributed by atoms with Gasteiger partial charge in [-0.15, -0.1) is 6.42 Å². The van der Waals surface area contributed by atoms with Gasteiger partial charge < -0.3 is 4.57 Å². The zero-order valence-electron chi connectivity index (χ0n) is 9.63. The molecular weight excluding hydrogens is 208 g/mol. The molecule has 1 aliphatic rings. The molecule has 84 valence electrons. The first-order valence-electron chi connectivity index (χ1n) is 5.96. The second-order valence-electron chi connectivity index (χ2n) is 4.47. The van der Waals surface area contributed by atoms with Crippen LogP contribution in [0.2, 0.25) is 0 Å². The van der Waals surface area contributed by atoms with Crippen molar-refractivity contribution in [3.8, 4) is 12.3 Å². The summed E-state index contributed by atoms with van der Waals surface area (Å²) >= 11 is 0. The summed E-state index contributed by atoms with van der Waals surface area (Å²) in [5, 5.41) is 0. The Kier molecular flexibility index (Phi) is 2.45. The Balaban J connectivity index is 1.98. The summed E-state index contributed by atoms with van der Waals surface area (Å²) in [7, 11) is 0. The molecule has 0 fully saturated rings. The molecule has 1 atom stereocenters. The van der Waals surface area contributed by atoms with Crippen molar-refractivity contribution in [2.75, 3.05) is 0 Å². The van der Waals surface area contributed by atoms with Crippen LogP contribution in [0.15, 0.2) is 36.8 Å². The number of benzene rings is 1. The van der Waals surface area contributed by atoms with Crippen LogP contribution < -0.4 is 0 Å². The highest BCUT2D eigenvalue weighted by Crippen LogP contribution is 2.30. The minimum Gasteiger partial charge on any atom is -0.327 e. The van der Waals surface area contributed by atoms with Crippen molar-refractivity contribution in [3.05, 3.63) is 53.6 Å². The van der Waals surface area contributed by atoms with Gasteiger partial charge in [0, 0.05) is 17.5 Å². The summed E-state index contributed by atoms with van der Waals surface area (Å²) in [4.78, 5) is 4.24. The predicted octanol–water partition coefficient (Wildman–Crippen LogP) is 2.79. The third-order valence-electron chi connectivity index (χ3n) is 3.45. The second kappa shape index (κ2) is 4.10. The molecule has 0 aliphatic carbocycles. The van der Waals surface area contributed by atoms with Crippen LogP contribution in [0.1, 0.15) is 35.7 Å². The Morgan fingerprint density at radius 1 is 1.29 bits per heavy atom. The lowest BCUT2D eigenvalue weighted by molar-refractivity contribution is 0.458. The van der Waals surface area contributed by atoms with Gasteiger partial charge in [0.25, 0.3) is 0 Å². The summed E-state index contributed by atoms with van der Waals surface area (Å²) in [6, 6.07) is 8.72. The van der Waals surface area contributed by atoms with E-state index in [9.17, 15) is 0 Å². The van der Waals surface area contributed by atoms with Gasteiger partial charge in [-0.3, -0.25) is 0 Å². The SMILES string of the molecule is C#Cc1ccc(C2CCCc3cncn32)cc1. The highest BCUT2D eigenvalue weighted by atomic mass is 15.1. The second-order valence-corrected chi connectivity index (χ2v) is 4.47. The topological polar surface area (TPSA) is 17.8 Å². The molecule has 0 saturated heterocycles. The number of terminal acetylenes is 1. The van der Waals surface area contributed by atoms with Gasteiger partial charge in [-0.05, 0) is 37.0 Å². The third kappa shape index (κ3) is 1.74. The summed E-state index contributed by atoms with van der Waals surface area (Å²) in [6.45, 7) is 0. The number of hydrogen-bond donors (Lipinski definition) is 0. The molecule has 17 heavy (non-hydrogen) atoms. The molecule has 1 aliphatic heterocycles. The number of aromatic nitrogens is 2. The molecule has 0 amide bonds. The van der Waals surface area contributed by atoms with Crippen LogP contribution >= 0.6 is 0 Å². The van der Waals surface area contributed by atoms with Crippen LogP contribution in [0.25, 0.3) is 0 Å². The molecule has 2 aromatic rings. The summed E-state index contributed by atoms with van der Waals surface area (Å²) < 4.78 is 2.29. The van der Waals surface area contributed by atoms with E-state index in [4.69, 9.17) is 6.42 Å². The summed E-state index contributed by atoms with van der Waals surface area (Å²) in [5.41, 5.74) is 3.60. The number of aryl methyl sites for hydroxylation is 1. The van der Waals surface area contributed by atoms with E-state index in [0.717, 1.165) is 12.0 Å². The van der Waals surface area contributed by atoms with Crippen molar-refractivity contribution in [3.63, 3.8) is 0 Å². The Labute approximate surface area is 101 Å². The van der Waals surface area contributed by atoms with Gasteiger partial charge in [-0.25, -0.2) is 4.98 Å². The maximum absolute atomic E-state index is 5.37. The molecule has 3 rings (SSSR count). The Hall–Kier alpha value is -2.01. The van der Waals surface area contributed by atoms with Crippen molar-refractivity contribution < 1.29 is 0 Å². The zero-order chi connectivity index (χ0) is 11.7. The molecular formula is C15H14N2. The van der Waals surface area contributed by atoms with E-state index in [0.29, 0.717) is 6.04 Å². The Morgan fingerprint density at radius 2 is 2.12 bits per heavy atom. The zero-order valence-corrected chi connectivity index (χ0v) is 9.63. The predicted molar refractivity (Wildman–Crippen MR) is 67.7 cm³/mol. The van der Waals surface area contributed by atoms with E-state index < -0.39 is 0 Å². The lowest BCUT2D eigenvalue weighted by Crippen LogP contribution is -2.17. The van der Waals surface area contributed by atoms with Crippen molar-refractivity contribution in [2.24, 2.45) is 0 Å². The lowest BCUT2D eigenvalue weighted by Gasteiger charge is -2.25. The average molecular weight is 222 g/mol. The molecule has 0 spiro atoms. The molecule has 1 aromatic heterocycles. The van der Waals surface area contributed by atoms with Crippen LogP contribution in [0.5, 0.6) is 0 Å². The number of rotatable bonds is 1. The first-order chi connectivity index (χ1) is 8.38. The van der Waals surface area contributed by atoms with Gasteiger partial charge in [0.2, 0.25) is 0 Å². The van der Waals surface area contributed by atoms with Crippen LogP contribution in [-0.4, -0.2) is 9.55 Å². The van der Waals surface area contributed by atoms with Crippen LogP contribution in [-0.2, 0) is 6.42 Å². The number of imidazole rings is 1. The average Bonchev–Trinajstić information content (AvgIpc) is 2.87. The monoisotopic (exact) mass is 222 g/mol. The fourth-order valence-electron chi connectivity index (χ4n) is 2.55. The Morgan fingerprint density at radius 3 is 2.88 bits per heavy atom. The van der Waals surface area contributed by atoms with E-state index in [1.54, 1.807) is 0 Å². The molecule has 1 unspecified atom stereocenters. The lowest BCUT2D eigenvalue weighted by atomic mass is 9.96. The van der Waals surface area contributed by atoms with Gasteiger partial charge in [-0.2, -0.15) is 0 Å². The summed E-state index contributed by atoms with van der Waals surface area (Å²) in [5.74, 6) is 2.65. The number of fused-ring (bicyclic) bond motifs is 1. The van der Waals surface area contributed by atoms with Crippen molar-refractivity contribution in [2.45, 2.75) is 25.3 Å². The fourth-order valence-corrected chi connectivity index (χ4v) is 2.55. The van der Waals surface area contributed by atoms with Gasteiger partial charge in [0.15, 0.2) is 0 Å². The van der Waals surface area contributed by atoms with Gasteiger partial charge in [-0.1, -0.05) is 18.1 Å². The van der Waals surface area contributed by atoms with Gasteiger partial charge in [0.05, 0.1) is 12.4 Å². The largest absolute Gasteiger partial charge is 0.327 e. The highest BCUT2D eigenvalue weighted by Gasteiger charge is 2.20. The third-order valence-corrected chi connectivity index (χ3v) is 3.45. The maximum atomic E-state index is 5.37. The van der Waals surface area contributed by atoms with Crippen LogP contribution in [0.3, 0.4) is 0 Å². The van der Waals surface area contributed by atoms with E-state index in [1.165, 1.54) is 24.1 Å². The standard InChI is InChI=1S/C15H14N2/c1-2-12-6-8-13(9-7-12)15-5-3-4-14-10-16-11-17(14)15/h1,6-11,15H,3-5H2. The molecule has 2 heteroatoms. The van der Waals surface area contributed by atoms with Crippen molar-refractivity contribution >= 4 is 0 Å². The first-order valence-corrected chi connectivity index (χ1v) is 5.96. The molecule has 0 saturated carbocycles. The molecule has 0 radical (unpaired) electrons. The van der Waals surface area contributed by atoms with E-state index in [1.807, 2.05) is 24.7 Å². The smallest absolute Gasteiger partial charge is 0.0953 e. The van der Waals surface area contributed by atoms with Crippen molar-refractivity contribution in [1.29, 1.82) is 0 Å². The normalized spacial score (nSPS) is 18.4. The molecule has 0 N–H and O–H groups in total. The first kappa shape index (κ1) is 10.2. The highest BCUT2D eigenvalue weighted by molar-refractivity contribution is 5.35.